The minimum atomic E-state index is -0.278. The fourth-order valence-corrected chi connectivity index (χ4v) is 1.46. The zero-order chi connectivity index (χ0) is 13.5. The Kier molecular flexibility index (Phi) is 5.88. The first-order chi connectivity index (χ1) is 8.50. The third-order valence-corrected chi connectivity index (χ3v) is 2.58. The Hall–Kier alpha value is -1.33. The number of nitrogens with zero attached hydrogens (tertiary/aromatic N) is 1. The highest BCUT2D eigenvalue weighted by Gasteiger charge is 2.04. The van der Waals surface area contributed by atoms with Gasteiger partial charge in [0.15, 0.2) is 0 Å². The van der Waals surface area contributed by atoms with E-state index in [0.717, 1.165) is 12.2 Å². The molecule has 18 heavy (non-hydrogen) atoms. The quantitative estimate of drug-likeness (QED) is 0.575. The Morgan fingerprint density at radius 3 is 2.72 bits per heavy atom. The molecule has 0 aliphatic heterocycles. The molecule has 0 unspecified atom stereocenters. The number of nitrogen functional groups attached to an aromatic ring is 1. The molecule has 0 aliphatic carbocycles. The van der Waals surface area contributed by atoms with Gasteiger partial charge >= 0.3 is 0 Å². The van der Waals surface area contributed by atoms with Crippen LogP contribution in [-0.4, -0.2) is 45.3 Å². The molecule has 0 radical (unpaired) electrons. The minimum absolute atomic E-state index is 0.278. The Bertz CT molecular complexity index is 383. The molecular weight excluding hydrogens is 233 g/mol. The van der Waals surface area contributed by atoms with Gasteiger partial charge < -0.3 is 20.7 Å². The summed E-state index contributed by atoms with van der Waals surface area (Å²) in [5.41, 5.74) is 7.48. The summed E-state index contributed by atoms with van der Waals surface area (Å²) >= 11 is 0. The molecule has 0 spiro atoms. The molecule has 3 N–H and O–H groups in total. The van der Waals surface area contributed by atoms with E-state index in [2.05, 4.69) is 10.2 Å². The van der Waals surface area contributed by atoms with Crippen LogP contribution in [-0.2, 0) is 4.74 Å². The first-order valence-corrected chi connectivity index (χ1v) is 6.02. The maximum Gasteiger partial charge on any atom is 0.128 e. The van der Waals surface area contributed by atoms with E-state index in [0.29, 0.717) is 31.0 Å². The van der Waals surface area contributed by atoms with Crippen molar-refractivity contribution < 1.29 is 9.13 Å². The molecule has 0 bridgehead atoms. The number of likely N-dealkylation sites (N-methyl/N-ethyl adjacent to an activating group) is 1. The number of hydrogen-bond acceptors (Lipinski definition) is 4. The summed E-state index contributed by atoms with van der Waals surface area (Å²) < 4.78 is 18.6. The SMILES string of the molecule is Cc1cc(NCCOCCN(C)C)c(N)cc1F. The first-order valence-electron chi connectivity index (χ1n) is 6.02. The standard InChI is InChI=1S/C13H22FN3O/c1-10-8-13(12(15)9-11(10)14)16-4-6-18-7-5-17(2)3/h8-9,16H,4-7,15H2,1-3H3. The van der Waals surface area contributed by atoms with Gasteiger partial charge in [0.2, 0.25) is 0 Å². The highest BCUT2D eigenvalue weighted by Crippen LogP contribution is 2.22. The van der Waals surface area contributed by atoms with Crippen LogP contribution in [0.3, 0.4) is 0 Å². The molecule has 0 aromatic heterocycles. The van der Waals surface area contributed by atoms with Crippen molar-refractivity contribution in [2.45, 2.75) is 6.92 Å². The fraction of sp³-hybridized carbons (Fsp3) is 0.538. The summed E-state index contributed by atoms with van der Waals surface area (Å²) in [6.07, 6.45) is 0. The van der Waals surface area contributed by atoms with Gasteiger partial charge in [-0.25, -0.2) is 4.39 Å². The zero-order valence-corrected chi connectivity index (χ0v) is 11.3. The third-order valence-electron chi connectivity index (χ3n) is 2.58. The molecule has 5 heteroatoms. The summed E-state index contributed by atoms with van der Waals surface area (Å²) in [4.78, 5) is 2.06. The molecule has 0 saturated carbocycles. The average Bonchev–Trinajstić information content (AvgIpc) is 2.29. The van der Waals surface area contributed by atoms with Gasteiger partial charge in [-0.15, -0.1) is 0 Å². The van der Waals surface area contributed by atoms with E-state index in [4.69, 9.17) is 10.5 Å². The van der Waals surface area contributed by atoms with Crippen molar-refractivity contribution in [1.29, 1.82) is 0 Å². The lowest BCUT2D eigenvalue weighted by Crippen LogP contribution is -2.20. The molecule has 0 heterocycles. The van der Waals surface area contributed by atoms with E-state index in [9.17, 15) is 4.39 Å². The fourth-order valence-electron chi connectivity index (χ4n) is 1.46. The maximum absolute atomic E-state index is 13.2. The van der Waals surface area contributed by atoms with Gasteiger partial charge in [-0.05, 0) is 38.7 Å². The molecule has 0 amide bonds. The molecule has 102 valence electrons. The second-order valence-electron chi connectivity index (χ2n) is 4.53. The predicted octanol–water partition coefficient (Wildman–Crippen LogP) is 1.71. The number of hydrogen-bond donors (Lipinski definition) is 2. The van der Waals surface area contributed by atoms with Crippen LogP contribution < -0.4 is 11.1 Å². The van der Waals surface area contributed by atoms with E-state index < -0.39 is 0 Å². The summed E-state index contributed by atoms with van der Waals surface area (Å²) in [5, 5.41) is 3.14. The van der Waals surface area contributed by atoms with E-state index >= 15 is 0 Å². The molecule has 0 saturated heterocycles. The highest BCUT2D eigenvalue weighted by molar-refractivity contribution is 5.67. The number of aryl methyl sites for hydroxylation is 1. The van der Waals surface area contributed by atoms with Crippen molar-refractivity contribution in [3.8, 4) is 0 Å². The topological polar surface area (TPSA) is 50.5 Å². The van der Waals surface area contributed by atoms with Crippen molar-refractivity contribution in [2.75, 3.05) is 51.4 Å². The van der Waals surface area contributed by atoms with Gasteiger partial charge in [0, 0.05) is 13.1 Å². The first kappa shape index (κ1) is 14.7. The van der Waals surface area contributed by atoms with Gasteiger partial charge in [-0.2, -0.15) is 0 Å². The number of rotatable bonds is 7. The number of benzene rings is 1. The smallest absolute Gasteiger partial charge is 0.128 e. The van der Waals surface area contributed by atoms with Gasteiger partial charge in [0.25, 0.3) is 0 Å². The average molecular weight is 255 g/mol. The second kappa shape index (κ2) is 7.18. The Morgan fingerprint density at radius 1 is 1.33 bits per heavy atom. The number of anilines is 2. The lowest BCUT2D eigenvalue weighted by atomic mass is 10.2. The van der Waals surface area contributed by atoms with Crippen LogP contribution in [0.25, 0.3) is 0 Å². The van der Waals surface area contributed by atoms with E-state index in [1.165, 1.54) is 6.07 Å². The van der Waals surface area contributed by atoms with Gasteiger partial charge in [-0.1, -0.05) is 0 Å². The predicted molar refractivity (Wildman–Crippen MR) is 73.4 cm³/mol. The summed E-state index contributed by atoms with van der Waals surface area (Å²) in [7, 11) is 4.01. The van der Waals surface area contributed by atoms with Crippen LogP contribution >= 0.6 is 0 Å². The molecule has 4 nitrogen and oxygen atoms in total. The number of halogens is 1. The third kappa shape index (κ3) is 4.89. The van der Waals surface area contributed by atoms with Crippen LogP contribution in [0.5, 0.6) is 0 Å². The van der Waals surface area contributed by atoms with E-state index in [1.807, 2.05) is 14.1 Å². The zero-order valence-electron chi connectivity index (χ0n) is 11.3. The van der Waals surface area contributed by atoms with Crippen LogP contribution in [0.2, 0.25) is 0 Å². The van der Waals surface area contributed by atoms with Crippen LogP contribution in [0.15, 0.2) is 12.1 Å². The molecular formula is C13H22FN3O. The van der Waals surface area contributed by atoms with Gasteiger partial charge in [-0.3, -0.25) is 0 Å². The van der Waals surface area contributed by atoms with Crippen LogP contribution in [0, 0.1) is 12.7 Å². The van der Waals surface area contributed by atoms with Crippen molar-refractivity contribution in [2.24, 2.45) is 0 Å². The van der Waals surface area contributed by atoms with E-state index in [1.54, 1.807) is 13.0 Å². The molecule has 1 aromatic rings. The highest BCUT2D eigenvalue weighted by atomic mass is 19.1. The molecule has 1 rings (SSSR count). The minimum Gasteiger partial charge on any atom is -0.397 e. The molecule has 0 atom stereocenters. The van der Waals surface area contributed by atoms with Crippen LogP contribution in [0.4, 0.5) is 15.8 Å². The number of nitrogens with one attached hydrogen (secondary N) is 1. The van der Waals surface area contributed by atoms with Gasteiger partial charge in [0.1, 0.15) is 5.82 Å². The normalized spacial score (nSPS) is 10.9. The number of nitrogens with two attached hydrogens (primary N) is 1. The lowest BCUT2D eigenvalue weighted by molar-refractivity contribution is 0.126. The summed E-state index contributed by atoms with van der Waals surface area (Å²) in [6.45, 7) is 4.57. The van der Waals surface area contributed by atoms with Crippen molar-refractivity contribution in [3.05, 3.63) is 23.5 Å². The van der Waals surface area contributed by atoms with Crippen molar-refractivity contribution in [1.82, 2.24) is 4.90 Å². The summed E-state index contributed by atoms with van der Waals surface area (Å²) in [6, 6.07) is 3.05. The monoisotopic (exact) mass is 255 g/mol. The number of ether oxygens (including phenoxy) is 1. The lowest BCUT2D eigenvalue weighted by Gasteiger charge is -2.12. The van der Waals surface area contributed by atoms with Crippen LogP contribution in [0.1, 0.15) is 5.56 Å². The largest absolute Gasteiger partial charge is 0.397 e. The molecule has 0 aliphatic rings. The molecule has 1 aromatic carbocycles. The van der Waals surface area contributed by atoms with E-state index in [-0.39, 0.29) is 5.82 Å². The van der Waals surface area contributed by atoms with Crippen molar-refractivity contribution in [3.63, 3.8) is 0 Å². The maximum atomic E-state index is 13.2. The second-order valence-corrected chi connectivity index (χ2v) is 4.53. The van der Waals surface area contributed by atoms with Crippen molar-refractivity contribution >= 4 is 11.4 Å². The van der Waals surface area contributed by atoms with Gasteiger partial charge in [0.05, 0.1) is 24.6 Å². The Balaban J connectivity index is 2.29. The summed E-state index contributed by atoms with van der Waals surface area (Å²) in [5.74, 6) is -0.278. The molecule has 0 fully saturated rings. The Labute approximate surface area is 108 Å². The Morgan fingerprint density at radius 2 is 2.06 bits per heavy atom.